The molecule has 1 atom stereocenters. The molecule has 0 saturated carbocycles. The van der Waals surface area contributed by atoms with Crippen molar-refractivity contribution in [3.63, 3.8) is 0 Å². The second-order valence-corrected chi connectivity index (χ2v) is 7.79. The van der Waals surface area contributed by atoms with Crippen molar-refractivity contribution in [2.24, 2.45) is 0 Å². The number of thiazole rings is 1. The van der Waals surface area contributed by atoms with E-state index in [1.165, 1.54) is 11.1 Å². The number of nitrogens with zero attached hydrogens (tertiary/aromatic N) is 1. The molecule has 0 aliphatic heterocycles. The first-order valence-electron chi connectivity index (χ1n) is 9.45. The Morgan fingerprint density at radius 3 is 2.62 bits per heavy atom. The summed E-state index contributed by atoms with van der Waals surface area (Å²) in [6.45, 7) is 2.06. The zero-order valence-electron chi connectivity index (χ0n) is 16.4. The van der Waals surface area contributed by atoms with Gasteiger partial charge < -0.3 is 11.3 Å². The molecule has 4 aromatic rings. The molecule has 3 aromatic carbocycles. The summed E-state index contributed by atoms with van der Waals surface area (Å²) in [6.07, 6.45) is 1.72. The monoisotopic (exact) mass is 400 g/mol. The molecule has 1 heterocycles. The quantitative estimate of drug-likeness (QED) is 0.395. The standard InChI is InChI=1S/C25H21NOS.H3N/c1-2-3-8-18-9-7-10-19(15-18)16-22(20-11-5-4-6-12-20)25-26-23-14-13-21(27)17-24(23)28-25;/h4-7,9-15,17,22,27H,2,16H2,1H3;1H3. The Balaban J connectivity index is 0.00000240. The summed E-state index contributed by atoms with van der Waals surface area (Å²) in [5, 5.41) is 10.9. The van der Waals surface area contributed by atoms with Crippen LogP contribution in [0.2, 0.25) is 0 Å². The molecule has 4 heteroatoms. The molecule has 4 rings (SSSR count). The van der Waals surface area contributed by atoms with Crippen molar-refractivity contribution in [1.29, 1.82) is 0 Å². The van der Waals surface area contributed by atoms with E-state index < -0.39 is 0 Å². The van der Waals surface area contributed by atoms with E-state index in [2.05, 4.69) is 67.3 Å². The predicted molar refractivity (Wildman–Crippen MR) is 122 cm³/mol. The van der Waals surface area contributed by atoms with Crippen LogP contribution in [0.5, 0.6) is 5.75 Å². The van der Waals surface area contributed by atoms with E-state index in [9.17, 15) is 5.11 Å². The molecular formula is C25H24N2OS. The third-order valence-corrected chi connectivity index (χ3v) is 5.80. The third-order valence-electron chi connectivity index (χ3n) is 4.66. The zero-order valence-corrected chi connectivity index (χ0v) is 17.2. The van der Waals surface area contributed by atoms with Crippen molar-refractivity contribution < 1.29 is 5.11 Å². The van der Waals surface area contributed by atoms with Crippen molar-refractivity contribution in [3.05, 3.63) is 94.5 Å². The molecule has 0 radical (unpaired) electrons. The van der Waals surface area contributed by atoms with E-state index in [-0.39, 0.29) is 17.8 Å². The number of hydrogen-bond donors (Lipinski definition) is 2. The summed E-state index contributed by atoms with van der Waals surface area (Å²) >= 11 is 1.65. The Kier molecular flexibility index (Phi) is 6.66. The van der Waals surface area contributed by atoms with Crippen molar-refractivity contribution in [3.8, 4) is 17.6 Å². The maximum absolute atomic E-state index is 9.80. The third kappa shape index (κ3) is 4.83. The van der Waals surface area contributed by atoms with E-state index >= 15 is 0 Å². The number of phenolic OH excluding ortho intramolecular Hbond substituents is 1. The summed E-state index contributed by atoms with van der Waals surface area (Å²) in [5.74, 6) is 6.81. The van der Waals surface area contributed by atoms with Crippen molar-refractivity contribution >= 4 is 21.6 Å². The van der Waals surface area contributed by atoms with E-state index in [0.29, 0.717) is 0 Å². The van der Waals surface area contributed by atoms with Gasteiger partial charge in [0.25, 0.3) is 0 Å². The number of aromatic nitrogens is 1. The fourth-order valence-corrected chi connectivity index (χ4v) is 4.44. The molecule has 0 fully saturated rings. The number of rotatable bonds is 4. The van der Waals surface area contributed by atoms with Crippen LogP contribution in [0.1, 0.15) is 41.0 Å². The molecule has 0 spiro atoms. The highest BCUT2D eigenvalue weighted by Gasteiger charge is 2.19. The second-order valence-electron chi connectivity index (χ2n) is 6.73. The number of fused-ring (bicyclic) bond motifs is 1. The Hall–Kier alpha value is -3.13. The smallest absolute Gasteiger partial charge is 0.117 e. The molecule has 0 aliphatic rings. The van der Waals surface area contributed by atoms with E-state index in [4.69, 9.17) is 4.98 Å². The Bertz CT molecular complexity index is 1160. The molecule has 0 saturated heterocycles. The number of hydrogen-bond acceptors (Lipinski definition) is 4. The average molecular weight is 401 g/mol. The molecule has 4 N–H and O–H groups in total. The lowest BCUT2D eigenvalue weighted by Gasteiger charge is -2.15. The van der Waals surface area contributed by atoms with Crippen LogP contribution in [0.15, 0.2) is 72.8 Å². The predicted octanol–water partition coefficient (Wildman–Crippen LogP) is 6.30. The van der Waals surface area contributed by atoms with Gasteiger partial charge in [0.2, 0.25) is 0 Å². The molecule has 1 unspecified atom stereocenters. The summed E-state index contributed by atoms with van der Waals surface area (Å²) in [5.41, 5.74) is 4.48. The van der Waals surface area contributed by atoms with Crippen molar-refractivity contribution in [2.45, 2.75) is 25.7 Å². The minimum absolute atomic E-state index is 0. The maximum atomic E-state index is 9.80. The van der Waals surface area contributed by atoms with E-state index in [1.807, 2.05) is 12.1 Å². The fourth-order valence-electron chi connectivity index (χ4n) is 3.32. The van der Waals surface area contributed by atoms with Gasteiger partial charge in [-0.3, -0.25) is 0 Å². The van der Waals surface area contributed by atoms with Gasteiger partial charge in [-0.2, -0.15) is 0 Å². The maximum Gasteiger partial charge on any atom is 0.117 e. The van der Waals surface area contributed by atoms with Gasteiger partial charge in [-0.15, -0.1) is 11.3 Å². The van der Waals surface area contributed by atoms with Gasteiger partial charge in [-0.05, 0) is 47.9 Å². The lowest BCUT2D eigenvalue weighted by Crippen LogP contribution is -2.05. The number of phenols is 1. The molecule has 0 aliphatic carbocycles. The first-order valence-corrected chi connectivity index (χ1v) is 10.3. The molecule has 1 aromatic heterocycles. The van der Waals surface area contributed by atoms with Crippen LogP contribution in [0, 0.1) is 11.8 Å². The van der Waals surface area contributed by atoms with Gasteiger partial charge in [0, 0.05) is 17.9 Å². The SMILES string of the molecule is CCC#Cc1cccc(CC(c2ccccc2)c2nc3ccc(O)cc3s2)c1.N. The summed E-state index contributed by atoms with van der Waals surface area (Å²) in [6, 6.07) is 24.4. The Morgan fingerprint density at radius 2 is 1.83 bits per heavy atom. The highest BCUT2D eigenvalue weighted by Crippen LogP contribution is 2.35. The molecule has 3 nitrogen and oxygen atoms in total. The van der Waals surface area contributed by atoms with Crippen LogP contribution in [0.4, 0.5) is 0 Å². The van der Waals surface area contributed by atoms with Crippen molar-refractivity contribution in [1.82, 2.24) is 11.1 Å². The van der Waals surface area contributed by atoms with Crippen molar-refractivity contribution in [2.75, 3.05) is 0 Å². The van der Waals surface area contributed by atoms with Gasteiger partial charge in [-0.25, -0.2) is 4.98 Å². The largest absolute Gasteiger partial charge is 0.508 e. The van der Waals surface area contributed by atoms with E-state index in [0.717, 1.165) is 33.6 Å². The van der Waals surface area contributed by atoms with Crippen LogP contribution in [-0.2, 0) is 6.42 Å². The average Bonchev–Trinajstić information content (AvgIpc) is 3.14. The van der Waals surface area contributed by atoms with Crippen LogP contribution < -0.4 is 6.15 Å². The normalized spacial score (nSPS) is 11.3. The molecule has 29 heavy (non-hydrogen) atoms. The number of aromatic hydroxyl groups is 1. The summed E-state index contributed by atoms with van der Waals surface area (Å²) in [7, 11) is 0. The van der Waals surface area contributed by atoms with Gasteiger partial charge in [-0.1, -0.05) is 61.2 Å². The fraction of sp³-hybridized carbons (Fsp3) is 0.160. The van der Waals surface area contributed by atoms with E-state index in [1.54, 1.807) is 23.5 Å². The Morgan fingerprint density at radius 1 is 1.00 bits per heavy atom. The van der Waals surface area contributed by atoms with Crippen LogP contribution in [0.3, 0.4) is 0 Å². The topological polar surface area (TPSA) is 68.1 Å². The summed E-state index contributed by atoms with van der Waals surface area (Å²) < 4.78 is 1.01. The molecule has 146 valence electrons. The van der Waals surface area contributed by atoms with Gasteiger partial charge in [0.15, 0.2) is 0 Å². The molecule has 0 bridgehead atoms. The Labute approximate surface area is 175 Å². The highest BCUT2D eigenvalue weighted by atomic mass is 32.1. The molecule has 0 amide bonds. The lowest BCUT2D eigenvalue weighted by molar-refractivity contribution is 0.476. The first kappa shape index (κ1) is 20.6. The second kappa shape index (κ2) is 9.38. The summed E-state index contributed by atoms with van der Waals surface area (Å²) in [4.78, 5) is 4.88. The zero-order chi connectivity index (χ0) is 19.3. The van der Waals surface area contributed by atoms with Gasteiger partial charge >= 0.3 is 0 Å². The molecular weight excluding hydrogens is 376 g/mol. The van der Waals surface area contributed by atoms with Crippen LogP contribution >= 0.6 is 11.3 Å². The highest BCUT2D eigenvalue weighted by molar-refractivity contribution is 7.18. The van der Waals surface area contributed by atoms with Crippen LogP contribution in [0.25, 0.3) is 10.2 Å². The minimum atomic E-state index is 0. The minimum Gasteiger partial charge on any atom is -0.508 e. The van der Waals surface area contributed by atoms with Gasteiger partial charge in [0.1, 0.15) is 10.8 Å². The first-order chi connectivity index (χ1) is 13.7. The van der Waals surface area contributed by atoms with Crippen LogP contribution in [-0.4, -0.2) is 10.1 Å². The van der Waals surface area contributed by atoms with Gasteiger partial charge in [0.05, 0.1) is 10.2 Å². The lowest BCUT2D eigenvalue weighted by atomic mass is 9.92. The number of benzene rings is 3.